The highest BCUT2D eigenvalue weighted by Crippen LogP contribution is 2.26. The number of rotatable bonds is 4. The smallest absolute Gasteiger partial charge is 0.255 e. The van der Waals surface area contributed by atoms with Crippen LogP contribution in [0.2, 0.25) is 0 Å². The van der Waals surface area contributed by atoms with E-state index in [0.717, 1.165) is 0 Å². The van der Waals surface area contributed by atoms with Crippen LogP contribution in [0.4, 0.5) is 0 Å². The van der Waals surface area contributed by atoms with Crippen molar-refractivity contribution < 1.29 is 14.3 Å². The molecule has 1 aliphatic heterocycles. The average Bonchev–Trinajstić information content (AvgIpc) is 2.61. The highest BCUT2D eigenvalue weighted by molar-refractivity contribution is 5.97. The van der Waals surface area contributed by atoms with Gasteiger partial charge >= 0.3 is 0 Å². The predicted molar refractivity (Wildman–Crippen MR) is 73.4 cm³/mol. The number of hydrogen-bond acceptors (Lipinski definition) is 3. The maximum atomic E-state index is 11.8. The van der Waals surface area contributed by atoms with Gasteiger partial charge in [-0.1, -0.05) is 19.2 Å². The lowest BCUT2D eigenvalue weighted by atomic mass is 10.2. The van der Waals surface area contributed by atoms with E-state index in [-0.39, 0.29) is 5.91 Å². The first-order valence-electron chi connectivity index (χ1n) is 5.92. The third-order valence-electron chi connectivity index (χ3n) is 2.56. The molecule has 0 aromatic heterocycles. The number of benzene rings is 1. The molecule has 1 aromatic rings. The van der Waals surface area contributed by atoms with Crippen LogP contribution in [0.3, 0.4) is 0 Å². The van der Waals surface area contributed by atoms with Crippen molar-refractivity contribution in [2.75, 3.05) is 13.2 Å². The molecule has 2 rings (SSSR count). The molecule has 4 nitrogen and oxygen atoms in total. The van der Waals surface area contributed by atoms with Gasteiger partial charge in [0.2, 0.25) is 0 Å². The summed E-state index contributed by atoms with van der Waals surface area (Å²) in [4.78, 5) is 11.8. The molecule has 1 amide bonds. The Bertz CT molecular complexity index is 546. The Labute approximate surface area is 112 Å². The Kier molecular flexibility index (Phi) is 4.03. The third-order valence-corrected chi connectivity index (χ3v) is 2.56. The van der Waals surface area contributed by atoms with E-state index in [1.807, 2.05) is 0 Å². The molecule has 0 radical (unpaired) electrons. The summed E-state index contributed by atoms with van der Waals surface area (Å²) in [5, 5.41) is 2.75. The van der Waals surface area contributed by atoms with Crippen LogP contribution in [0.15, 0.2) is 55.3 Å². The van der Waals surface area contributed by atoms with Crippen molar-refractivity contribution in [3.8, 4) is 11.5 Å². The summed E-state index contributed by atoms with van der Waals surface area (Å²) >= 11 is 0. The van der Waals surface area contributed by atoms with Crippen molar-refractivity contribution >= 4 is 5.91 Å². The number of ether oxygens (including phenoxy) is 2. The van der Waals surface area contributed by atoms with Gasteiger partial charge in [-0.25, -0.2) is 0 Å². The minimum atomic E-state index is -0.161. The fourth-order valence-corrected chi connectivity index (χ4v) is 1.69. The maximum absolute atomic E-state index is 11.8. The number of fused-ring (bicyclic) bond motifs is 1. The predicted octanol–water partition coefficient (Wildman–Crippen LogP) is 2.44. The van der Waals surface area contributed by atoms with E-state index < -0.39 is 0 Å². The first kappa shape index (κ1) is 13.0. The molecule has 98 valence electrons. The lowest BCUT2D eigenvalue weighted by molar-refractivity contribution is 0.0957. The normalized spacial score (nSPS) is 14.5. The number of carbonyl (C=O) groups is 1. The number of carbonyl (C=O) groups excluding carboxylic acids is 1. The van der Waals surface area contributed by atoms with Gasteiger partial charge in [0.1, 0.15) is 23.9 Å². The van der Waals surface area contributed by atoms with Crippen molar-refractivity contribution in [3.05, 3.63) is 60.9 Å². The van der Waals surface area contributed by atoms with Gasteiger partial charge in [-0.05, 0) is 30.4 Å². The Morgan fingerprint density at radius 2 is 2.26 bits per heavy atom. The van der Waals surface area contributed by atoms with Gasteiger partial charge in [0.05, 0.1) is 12.1 Å². The summed E-state index contributed by atoms with van der Waals surface area (Å²) in [6.45, 7) is 8.21. The molecule has 1 aromatic carbocycles. The molecule has 19 heavy (non-hydrogen) atoms. The van der Waals surface area contributed by atoms with Gasteiger partial charge in [-0.3, -0.25) is 4.79 Å². The van der Waals surface area contributed by atoms with E-state index >= 15 is 0 Å². The molecule has 0 fully saturated rings. The summed E-state index contributed by atoms with van der Waals surface area (Å²) in [7, 11) is 0. The average molecular weight is 257 g/mol. The highest BCUT2D eigenvalue weighted by Gasteiger charge is 2.17. The van der Waals surface area contributed by atoms with Crippen molar-refractivity contribution in [1.29, 1.82) is 0 Å². The Balaban J connectivity index is 2.29. The largest absolute Gasteiger partial charge is 0.491 e. The van der Waals surface area contributed by atoms with E-state index in [4.69, 9.17) is 9.47 Å². The summed E-state index contributed by atoms with van der Waals surface area (Å²) in [6.07, 6.45) is 4.87. The molecule has 0 spiro atoms. The fourth-order valence-electron chi connectivity index (χ4n) is 1.69. The lowest BCUT2D eigenvalue weighted by Crippen LogP contribution is -2.24. The van der Waals surface area contributed by atoms with Crippen molar-refractivity contribution in [1.82, 2.24) is 5.32 Å². The molecule has 4 heteroatoms. The van der Waals surface area contributed by atoms with Gasteiger partial charge in [-0.2, -0.15) is 0 Å². The van der Waals surface area contributed by atoms with Crippen molar-refractivity contribution in [3.63, 3.8) is 0 Å². The quantitative estimate of drug-likeness (QED) is 0.665. The van der Waals surface area contributed by atoms with E-state index in [9.17, 15) is 4.79 Å². The molecule has 0 saturated heterocycles. The molecule has 0 aliphatic carbocycles. The monoisotopic (exact) mass is 257 g/mol. The van der Waals surface area contributed by atoms with Gasteiger partial charge in [-0.15, -0.1) is 0 Å². The van der Waals surface area contributed by atoms with Crippen LogP contribution in [0.1, 0.15) is 10.4 Å². The van der Waals surface area contributed by atoms with Crippen LogP contribution in [0, 0.1) is 0 Å². The zero-order valence-electron chi connectivity index (χ0n) is 10.5. The minimum absolute atomic E-state index is 0.161. The molecular formula is C15H15NO3. The Morgan fingerprint density at radius 1 is 1.42 bits per heavy atom. The van der Waals surface area contributed by atoms with Crippen LogP contribution in [-0.4, -0.2) is 19.1 Å². The standard InChI is InChI=1S/C15H15NO3/c1-3-5-11(4-2)19-12-6-7-14-13(10-12)15(17)16-8-9-18-14/h3-7,10H,1-2,8-9H2,(H,16,17)/b11-5+. The van der Waals surface area contributed by atoms with Crippen LogP contribution in [-0.2, 0) is 0 Å². The molecule has 1 heterocycles. The molecule has 1 aliphatic rings. The van der Waals surface area contributed by atoms with Crippen molar-refractivity contribution in [2.45, 2.75) is 0 Å². The summed E-state index contributed by atoms with van der Waals surface area (Å²) in [5.41, 5.74) is 0.469. The summed E-state index contributed by atoms with van der Waals surface area (Å²) < 4.78 is 11.1. The van der Waals surface area contributed by atoms with Crippen LogP contribution in [0.25, 0.3) is 0 Å². The van der Waals surface area contributed by atoms with E-state index in [2.05, 4.69) is 18.5 Å². The summed E-state index contributed by atoms with van der Waals surface area (Å²) in [5.74, 6) is 1.51. The van der Waals surface area contributed by atoms with Crippen LogP contribution in [0.5, 0.6) is 11.5 Å². The summed E-state index contributed by atoms with van der Waals surface area (Å²) in [6, 6.07) is 5.12. The van der Waals surface area contributed by atoms with Gasteiger partial charge in [0.25, 0.3) is 5.91 Å². The van der Waals surface area contributed by atoms with Gasteiger partial charge in [0.15, 0.2) is 0 Å². The first-order valence-corrected chi connectivity index (χ1v) is 5.92. The Hall–Kier alpha value is -2.49. The van der Waals surface area contributed by atoms with E-state index in [1.54, 1.807) is 36.4 Å². The number of allylic oxidation sites excluding steroid dienone is 3. The van der Waals surface area contributed by atoms with Crippen molar-refractivity contribution in [2.24, 2.45) is 0 Å². The number of amides is 1. The zero-order chi connectivity index (χ0) is 13.7. The maximum Gasteiger partial charge on any atom is 0.255 e. The first-order chi connectivity index (χ1) is 9.24. The third kappa shape index (κ3) is 3.04. The molecule has 1 N–H and O–H groups in total. The lowest BCUT2D eigenvalue weighted by Gasteiger charge is -2.09. The van der Waals surface area contributed by atoms with Crippen LogP contribution < -0.4 is 14.8 Å². The molecule has 0 saturated carbocycles. The zero-order valence-corrected chi connectivity index (χ0v) is 10.5. The van der Waals surface area contributed by atoms with Gasteiger partial charge in [0, 0.05) is 0 Å². The second kappa shape index (κ2) is 5.91. The molecule has 0 unspecified atom stereocenters. The topological polar surface area (TPSA) is 47.6 Å². The highest BCUT2D eigenvalue weighted by atomic mass is 16.5. The Morgan fingerprint density at radius 3 is 3.00 bits per heavy atom. The van der Waals surface area contributed by atoms with E-state index in [1.165, 1.54) is 0 Å². The SMILES string of the molecule is C=C/C=C(\C=C)Oc1ccc2c(c1)C(=O)NCCO2. The van der Waals surface area contributed by atoms with E-state index in [0.29, 0.717) is 36.0 Å². The van der Waals surface area contributed by atoms with Crippen LogP contribution >= 0.6 is 0 Å². The molecule has 0 bridgehead atoms. The molecular weight excluding hydrogens is 242 g/mol. The second-order valence-electron chi connectivity index (χ2n) is 3.87. The van der Waals surface area contributed by atoms with Gasteiger partial charge < -0.3 is 14.8 Å². The fraction of sp³-hybridized carbons (Fsp3) is 0.133. The minimum Gasteiger partial charge on any atom is -0.491 e. The molecule has 0 atom stereocenters. The number of hydrogen-bond donors (Lipinski definition) is 1. The second-order valence-corrected chi connectivity index (χ2v) is 3.87. The number of nitrogens with one attached hydrogen (secondary N) is 1.